The third-order valence-corrected chi connectivity index (χ3v) is 3.36. The first-order valence-corrected chi connectivity index (χ1v) is 6.72. The fourth-order valence-corrected chi connectivity index (χ4v) is 2.40. The van der Waals surface area contributed by atoms with Gasteiger partial charge >= 0.3 is 0 Å². The molecule has 2 rings (SSSR count). The van der Waals surface area contributed by atoms with Crippen molar-refractivity contribution in [2.45, 2.75) is 25.9 Å². The van der Waals surface area contributed by atoms with Crippen molar-refractivity contribution in [1.29, 1.82) is 0 Å². The number of hydrogen-bond donors (Lipinski definition) is 1. The Bertz CT molecular complexity index is 523. The first-order valence-electron chi connectivity index (χ1n) is 6.34. The number of nitrogens with two attached hydrogens (primary N) is 1. The molecule has 0 bridgehead atoms. The Kier molecular flexibility index (Phi) is 4.51. The number of nitrogens with zero attached hydrogens (tertiary/aromatic N) is 1. The number of anilines is 1. The number of halogens is 1. The van der Waals surface area contributed by atoms with Crippen molar-refractivity contribution in [2.75, 3.05) is 11.9 Å². The third kappa shape index (κ3) is 3.52. The highest BCUT2D eigenvalue weighted by Crippen LogP contribution is 2.29. The van der Waals surface area contributed by atoms with E-state index in [1.807, 2.05) is 38.2 Å². The summed E-state index contributed by atoms with van der Waals surface area (Å²) in [5.74, 6) is 0.925. The van der Waals surface area contributed by atoms with Gasteiger partial charge in [0.15, 0.2) is 0 Å². The zero-order chi connectivity index (χ0) is 13.8. The van der Waals surface area contributed by atoms with E-state index in [0.717, 1.165) is 28.5 Å². The normalized spacial score (nSPS) is 12.4. The smallest absolute Gasteiger partial charge is 0.123 e. The van der Waals surface area contributed by atoms with Crippen LogP contribution in [0.25, 0.3) is 0 Å². The molecule has 0 aliphatic rings. The number of rotatable bonds is 5. The van der Waals surface area contributed by atoms with Gasteiger partial charge in [0.1, 0.15) is 5.76 Å². The van der Waals surface area contributed by atoms with Crippen molar-refractivity contribution >= 4 is 17.3 Å². The molecule has 1 atom stereocenters. The van der Waals surface area contributed by atoms with E-state index in [-0.39, 0.29) is 6.04 Å². The summed E-state index contributed by atoms with van der Waals surface area (Å²) in [6.45, 7) is 2.69. The summed E-state index contributed by atoms with van der Waals surface area (Å²) >= 11 is 6.29. The van der Waals surface area contributed by atoms with Gasteiger partial charge in [0.2, 0.25) is 0 Å². The Morgan fingerprint density at radius 3 is 2.74 bits per heavy atom. The molecule has 0 spiro atoms. The molecule has 4 heteroatoms. The van der Waals surface area contributed by atoms with E-state index in [9.17, 15) is 0 Å². The molecule has 1 aromatic carbocycles. The second-order valence-electron chi connectivity index (χ2n) is 4.85. The fraction of sp³-hybridized carbons (Fsp3) is 0.333. The maximum atomic E-state index is 6.29. The molecule has 1 unspecified atom stereocenters. The summed E-state index contributed by atoms with van der Waals surface area (Å²) in [6, 6.07) is 9.86. The van der Waals surface area contributed by atoms with Crippen molar-refractivity contribution in [3.05, 3.63) is 52.9 Å². The van der Waals surface area contributed by atoms with Crippen molar-refractivity contribution in [2.24, 2.45) is 5.73 Å². The molecule has 102 valence electrons. The minimum atomic E-state index is 0.0793. The van der Waals surface area contributed by atoms with Gasteiger partial charge in [-0.3, -0.25) is 0 Å². The highest BCUT2D eigenvalue weighted by Gasteiger charge is 2.13. The van der Waals surface area contributed by atoms with Crippen LogP contribution in [0.5, 0.6) is 0 Å². The summed E-state index contributed by atoms with van der Waals surface area (Å²) in [4.78, 5) is 2.13. The second-order valence-corrected chi connectivity index (χ2v) is 5.26. The van der Waals surface area contributed by atoms with Gasteiger partial charge in [-0.25, -0.2) is 0 Å². The second kappa shape index (κ2) is 6.13. The van der Waals surface area contributed by atoms with Crippen LogP contribution < -0.4 is 10.6 Å². The van der Waals surface area contributed by atoms with Gasteiger partial charge in [-0.15, -0.1) is 0 Å². The van der Waals surface area contributed by atoms with E-state index in [4.69, 9.17) is 21.8 Å². The molecule has 19 heavy (non-hydrogen) atoms. The Labute approximate surface area is 119 Å². The predicted octanol–water partition coefficient (Wildman–Crippen LogP) is 3.46. The van der Waals surface area contributed by atoms with Gasteiger partial charge in [0.05, 0.1) is 12.8 Å². The van der Waals surface area contributed by atoms with Crippen LogP contribution in [0, 0.1) is 0 Å². The predicted molar refractivity (Wildman–Crippen MR) is 79.6 cm³/mol. The van der Waals surface area contributed by atoms with Crippen LogP contribution in [0.15, 0.2) is 41.0 Å². The lowest BCUT2D eigenvalue weighted by Crippen LogP contribution is -2.22. The minimum absolute atomic E-state index is 0.0793. The molecular weight excluding hydrogens is 260 g/mol. The first kappa shape index (κ1) is 14.0. The lowest BCUT2D eigenvalue weighted by molar-refractivity contribution is 0.507. The van der Waals surface area contributed by atoms with Crippen molar-refractivity contribution in [1.82, 2.24) is 0 Å². The Balaban J connectivity index is 2.25. The maximum absolute atomic E-state index is 6.29. The molecule has 2 N–H and O–H groups in total. The molecule has 0 saturated carbocycles. The van der Waals surface area contributed by atoms with Crippen LogP contribution in [0.2, 0.25) is 5.02 Å². The molecule has 0 saturated heterocycles. The number of benzene rings is 1. The topological polar surface area (TPSA) is 42.4 Å². The van der Waals surface area contributed by atoms with Crippen molar-refractivity contribution in [3.8, 4) is 0 Å². The summed E-state index contributed by atoms with van der Waals surface area (Å²) in [6.07, 6.45) is 2.45. The quantitative estimate of drug-likeness (QED) is 0.911. The molecule has 0 fully saturated rings. The van der Waals surface area contributed by atoms with Gasteiger partial charge in [-0.2, -0.15) is 0 Å². The number of hydrogen-bond acceptors (Lipinski definition) is 3. The standard InChI is InChI=1S/C15H19ClN2O/c1-11(17)9-13-14(16)6-3-7-15(13)18(2)10-12-5-4-8-19-12/h3-8,11H,9-10,17H2,1-2H3. The average molecular weight is 279 g/mol. The van der Waals surface area contributed by atoms with Crippen LogP contribution in [0.3, 0.4) is 0 Å². The highest BCUT2D eigenvalue weighted by atomic mass is 35.5. The van der Waals surface area contributed by atoms with Crippen molar-refractivity contribution < 1.29 is 4.42 Å². The molecular formula is C15H19ClN2O. The van der Waals surface area contributed by atoms with E-state index in [0.29, 0.717) is 6.54 Å². The Hall–Kier alpha value is -1.45. The fourth-order valence-electron chi connectivity index (χ4n) is 2.15. The van der Waals surface area contributed by atoms with Crippen LogP contribution >= 0.6 is 11.6 Å². The van der Waals surface area contributed by atoms with Crippen LogP contribution in [-0.4, -0.2) is 13.1 Å². The SMILES string of the molecule is CC(N)Cc1c(Cl)cccc1N(C)Cc1ccco1. The van der Waals surface area contributed by atoms with Crippen molar-refractivity contribution in [3.63, 3.8) is 0 Å². The monoisotopic (exact) mass is 278 g/mol. The lowest BCUT2D eigenvalue weighted by Gasteiger charge is -2.23. The van der Waals surface area contributed by atoms with E-state index >= 15 is 0 Å². The van der Waals surface area contributed by atoms with E-state index in [2.05, 4.69) is 11.0 Å². The maximum Gasteiger partial charge on any atom is 0.123 e. The summed E-state index contributed by atoms with van der Waals surface area (Å²) < 4.78 is 5.38. The highest BCUT2D eigenvalue weighted by molar-refractivity contribution is 6.31. The number of furan rings is 1. The summed E-state index contributed by atoms with van der Waals surface area (Å²) in [7, 11) is 2.03. The molecule has 3 nitrogen and oxygen atoms in total. The van der Waals surface area contributed by atoms with Gasteiger partial charge < -0.3 is 15.1 Å². The van der Waals surface area contributed by atoms with E-state index < -0.39 is 0 Å². The first-order chi connectivity index (χ1) is 9.08. The zero-order valence-corrected chi connectivity index (χ0v) is 12.0. The summed E-state index contributed by atoms with van der Waals surface area (Å²) in [5, 5.41) is 0.765. The molecule has 2 aromatic rings. The zero-order valence-electron chi connectivity index (χ0n) is 11.3. The third-order valence-electron chi connectivity index (χ3n) is 3.00. The van der Waals surface area contributed by atoms with Gasteiger partial charge in [-0.1, -0.05) is 17.7 Å². The Morgan fingerprint density at radius 1 is 1.32 bits per heavy atom. The molecule has 0 aliphatic heterocycles. The van der Waals surface area contributed by atoms with Gasteiger partial charge in [0, 0.05) is 23.8 Å². The largest absolute Gasteiger partial charge is 0.467 e. The van der Waals surface area contributed by atoms with Crippen LogP contribution in [0.4, 0.5) is 5.69 Å². The van der Waals surface area contributed by atoms with Crippen LogP contribution in [-0.2, 0) is 13.0 Å². The average Bonchev–Trinajstić information content (AvgIpc) is 2.84. The molecule has 1 aromatic heterocycles. The van der Waals surface area contributed by atoms with E-state index in [1.165, 1.54) is 0 Å². The molecule has 1 heterocycles. The van der Waals surface area contributed by atoms with Crippen LogP contribution in [0.1, 0.15) is 18.2 Å². The molecule has 0 amide bonds. The molecule has 0 aliphatic carbocycles. The lowest BCUT2D eigenvalue weighted by atomic mass is 10.0. The molecule has 0 radical (unpaired) electrons. The minimum Gasteiger partial charge on any atom is -0.467 e. The van der Waals surface area contributed by atoms with E-state index in [1.54, 1.807) is 6.26 Å². The Morgan fingerprint density at radius 2 is 2.11 bits per heavy atom. The summed E-state index contributed by atoms with van der Waals surface area (Å²) in [5.41, 5.74) is 8.09. The van der Waals surface area contributed by atoms with Gasteiger partial charge in [0.25, 0.3) is 0 Å². The van der Waals surface area contributed by atoms with Gasteiger partial charge in [-0.05, 0) is 43.2 Å².